The molecule has 2 aromatic carbocycles. The number of urea groups is 1. The molecular formula is C20H22BrN3O5. The molecule has 0 aliphatic rings. The van der Waals surface area contributed by atoms with Crippen molar-refractivity contribution in [2.24, 2.45) is 5.10 Å². The summed E-state index contributed by atoms with van der Waals surface area (Å²) in [5.74, 6) is 0.304. The first kappa shape index (κ1) is 22.2. The van der Waals surface area contributed by atoms with E-state index in [2.05, 4.69) is 31.8 Å². The molecule has 0 fully saturated rings. The molecule has 0 aromatic heterocycles. The van der Waals surface area contributed by atoms with Crippen molar-refractivity contribution in [3.05, 3.63) is 52.0 Å². The monoisotopic (exact) mass is 463 g/mol. The van der Waals surface area contributed by atoms with Gasteiger partial charge in [0.15, 0.2) is 18.1 Å². The number of hydrogen-bond donors (Lipinski definition) is 2. The van der Waals surface area contributed by atoms with Gasteiger partial charge in [0.1, 0.15) is 0 Å². The summed E-state index contributed by atoms with van der Waals surface area (Å²) in [7, 11) is 1.48. The molecule has 0 radical (unpaired) electrons. The van der Waals surface area contributed by atoms with Crippen LogP contribution in [0.4, 0.5) is 10.5 Å². The highest BCUT2D eigenvalue weighted by atomic mass is 79.9. The quantitative estimate of drug-likeness (QED) is 0.351. The number of anilines is 1. The van der Waals surface area contributed by atoms with Crippen LogP contribution in [0.25, 0.3) is 0 Å². The van der Waals surface area contributed by atoms with Crippen LogP contribution in [0.3, 0.4) is 0 Å². The van der Waals surface area contributed by atoms with E-state index in [0.29, 0.717) is 27.2 Å². The summed E-state index contributed by atoms with van der Waals surface area (Å²) in [4.78, 5) is 23.4. The Kier molecular flexibility index (Phi) is 8.47. The van der Waals surface area contributed by atoms with Crippen molar-refractivity contribution in [3.63, 3.8) is 0 Å². The zero-order chi connectivity index (χ0) is 21.2. The molecule has 2 N–H and O–H groups in total. The summed E-state index contributed by atoms with van der Waals surface area (Å²) in [6.45, 7) is 3.67. The molecule has 2 aromatic rings. The van der Waals surface area contributed by atoms with E-state index in [1.165, 1.54) is 13.3 Å². The predicted octanol–water partition coefficient (Wildman–Crippen LogP) is 3.86. The minimum Gasteiger partial charge on any atom is -0.493 e. The van der Waals surface area contributed by atoms with Crippen LogP contribution in [0.15, 0.2) is 46.0 Å². The number of aryl methyl sites for hydroxylation is 1. The summed E-state index contributed by atoms with van der Waals surface area (Å²) in [5.41, 5.74) is 4.69. The topological polar surface area (TPSA) is 98.3 Å². The van der Waals surface area contributed by atoms with E-state index < -0.39 is 12.0 Å². The van der Waals surface area contributed by atoms with Crippen LogP contribution < -0.4 is 20.2 Å². The minimum absolute atomic E-state index is 0.231. The molecule has 0 spiro atoms. The Morgan fingerprint density at radius 1 is 1.21 bits per heavy atom. The van der Waals surface area contributed by atoms with Gasteiger partial charge in [-0.15, -0.1) is 0 Å². The molecule has 0 aliphatic heterocycles. The number of para-hydroxylation sites is 1. The zero-order valence-electron chi connectivity index (χ0n) is 16.3. The van der Waals surface area contributed by atoms with Crippen LogP contribution >= 0.6 is 15.9 Å². The molecule has 9 heteroatoms. The number of esters is 1. The fraction of sp³-hybridized carbons (Fsp3) is 0.250. The lowest BCUT2D eigenvalue weighted by atomic mass is 10.2. The maximum Gasteiger partial charge on any atom is 0.344 e. The summed E-state index contributed by atoms with van der Waals surface area (Å²) in [6.07, 6.45) is 1.46. The number of nitrogens with one attached hydrogen (secondary N) is 2. The Labute approximate surface area is 177 Å². The number of carbonyl (C=O) groups excluding carboxylic acids is 2. The number of hydrazone groups is 1. The molecule has 154 valence electrons. The number of rotatable bonds is 8. The first-order valence-electron chi connectivity index (χ1n) is 8.76. The third-order valence-corrected chi connectivity index (χ3v) is 4.38. The second kappa shape index (κ2) is 11.1. The number of nitrogens with zero attached hydrogens (tertiary/aromatic N) is 1. The lowest BCUT2D eigenvalue weighted by Crippen LogP contribution is -2.24. The number of carbonyl (C=O) groups is 2. The van der Waals surface area contributed by atoms with Gasteiger partial charge in [-0.2, -0.15) is 5.10 Å². The minimum atomic E-state index is -0.472. The number of ether oxygens (including phenoxy) is 3. The van der Waals surface area contributed by atoms with E-state index in [1.807, 2.05) is 25.1 Å². The van der Waals surface area contributed by atoms with E-state index >= 15 is 0 Å². The van der Waals surface area contributed by atoms with Crippen LogP contribution in [0.1, 0.15) is 18.1 Å². The van der Waals surface area contributed by atoms with Crippen molar-refractivity contribution in [1.29, 1.82) is 0 Å². The molecule has 2 amide bonds. The van der Waals surface area contributed by atoms with Crippen molar-refractivity contribution >= 4 is 39.8 Å². The van der Waals surface area contributed by atoms with Gasteiger partial charge in [-0.05, 0) is 53.5 Å². The fourth-order valence-electron chi connectivity index (χ4n) is 2.29. The Hall–Kier alpha value is -3.07. The van der Waals surface area contributed by atoms with Crippen LogP contribution in [0.5, 0.6) is 11.5 Å². The average molecular weight is 464 g/mol. The zero-order valence-corrected chi connectivity index (χ0v) is 17.9. The first-order valence-corrected chi connectivity index (χ1v) is 9.55. The predicted molar refractivity (Wildman–Crippen MR) is 114 cm³/mol. The Morgan fingerprint density at radius 3 is 2.66 bits per heavy atom. The third kappa shape index (κ3) is 6.79. The average Bonchev–Trinajstić information content (AvgIpc) is 2.69. The maximum atomic E-state index is 12.0. The Balaban J connectivity index is 2.01. The summed E-state index contributed by atoms with van der Waals surface area (Å²) >= 11 is 3.41. The van der Waals surface area contributed by atoms with Gasteiger partial charge in [0.05, 0.1) is 19.9 Å². The maximum absolute atomic E-state index is 12.0. The fourth-order valence-corrected chi connectivity index (χ4v) is 2.71. The molecule has 29 heavy (non-hydrogen) atoms. The van der Waals surface area contributed by atoms with Gasteiger partial charge in [-0.3, -0.25) is 0 Å². The van der Waals surface area contributed by atoms with Gasteiger partial charge in [0.2, 0.25) is 0 Å². The molecule has 0 bridgehead atoms. The summed E-state index contributed by atoms with van der Waals surface area (Å²) in [5, 5.41) is 6.66. The standard InChI is InChI=1S/C20H22BrN3O5/c1-4-28-19(25)12-29-18-10-15(21)14(9-17(18)27-3)11-22-24-20(26)23-16-8-6-5-7-13(16)2/h5-11H,4,12H2,1-3H3,(H2,23,24,26). The second-order valence-electron chi connectivity index (χ2n) is 5.76. The second-order valence-corrected chi connectivity index (χ2v) is 6.61. The number of hydrogen-bond acceptors (Lipinski definition) is 6. The van der Waals surface area contributed by atoms with Gasteiger partial charge >= 0.3 is 12.0 Å². The Bertz CT molecular complexity index is 902. The third-order valence-electron chi connectivity index (χ3n) is 3.70. The van der Waals surface area contributed by atoms with E-state index in [0.717, 1.165) is 5.56 Å². The smallest absolute Gasteiger partial charge is 0.344 e. The largest absolute Gasteiger partial charge is 0.493 e. The molecule has 0 heterocycles. The Morgan fingerprint density at radius 2 is 1.97 bits per heavy atom. The molecule has 0 saturated heterocycles. The van der Waals surface area contributed by atoms with E-state index in [1.54, 1.807) is 25.1 Å². The van der Waals surface area contributed by atoms with Crippen molar-refractivity contribution in [1.82, 2.24) is 5.43 Å². The van der Waals surface area contributed by atoms with Crippen molar-refractivity contribution in [2.75, 3.05) is 25.6 Å². The molecule has 2 rings (SSSR count). The molecule has 8 nitrogen and oxygen atoms in total. The van der Waals surface area contributed by atoms with Crippen molar-refractivity contribution < 1.29 is 23.8 Å². The van der Waals surface area contributed by atoms with Crippen LogP contribution in [0.2, 0.25) is 0 Å². The van der Waals surface area contributed by atoms with Crippen LogP contribution in [-0.4, -0.2) is 38.5 Å². The highest BCUT2D eigenvalue weighted by molar-refractivity contribution is 9.10. The first-order chi connectivity index (χ1) is 13.9. The number of methoxy groups -OCH3 is 1. The van der Waals surface area contributed by atoms with Gasteiger partial charge in [-0.1, -0.05) is 18.2 Å². The molecule has 0 aliphatic carbocycles. The van der Waals surface area contributed by atoms with E-state index in [9.17, 15) is 9.59 Å². The lowest BCUT2D eigenvalue weighted by Gasteiger charge is -2.12. The van der Waals surface area contributed by atoms with E-state index in [4.69, 9.17) is 14.2 Å². The van der Waals surface area contributed by atoms with Crippen LogP contribution in [0, 0.1) is 6.92 Å². The van der Waals surface area contributed by atoms with Gasteiger partial charge in [0.25, 0.3) is 0 Å². The van der Waals surface area contributed by atoms with Gasteiger partial charge < -0.3 is 19.5 Å². The van der Waals surface area contributed by atoms with Crippen molar-refractivity contribution in [3.8, 4) is 11.5 Å². The highest BCUT2D eigenvalue weighted by Gasteiger charge is 2.12. The molecular weight excluding hydrogens is 442 g/mol. The summed E-state index contributed by atoms with van der Waals surface area (Å²) in [6, 6.07) is 10.3. The van der Waals surface area contributed by atoms with Crippen molar-refractivity contribution in [2.45, 2.75) is 13.8 Å². The molecule has 0 atom stereocenters. The SMILES string of the molecule is CCOC(=O)COc1cc(Br)c(C=NNC(=O)Nc2ccccc2C)cc1OC. The van der Waals surface area contributed by atoms with Gasteiger partial charge in [-0.25, -0.2) is 15.0 Å². The molecule has 0 saturated carbocycles. The lowest BCUT2D eigenvalue weighted by molar-refractivity contribution is -0.145. The highest BCUT2D eigenvalue weighted by Crippen LogP contribution is 2.33. The summed E-state index contributed by atoms with van der Waals surface area (Å²) < 4.78 is 16.2. The molecule has 0 unspecified atom stereocenters. The van der Waals surface area contributed by atoms with Gasteiger partial charge in [0, 0.05) is 15.7 Å². The normalized spacial score (nSPS) is 10.5. The number of halogens is 1. The number of benzene rings is 2. The van der Waals surface area contributed by atoms with E-state index in [-0.39, 0.29) is 13.2 Å². The number of amides is 2. The van der Waals surface area contributed by atoms with Crippen LogP contribution in [-0.2, 0) is 9.53 Å².